The third kappa shape index (κ3) is 9.08. The molecule has 5 nitrogen and oxygen atoms in total. The molecular formula is C18H31N3O2. The Morgan fingerprint density at radius 2 is 2.00 bits per heavy atom. The minimum atomic E-state index is -0.0205. The second kappa shape index (κ2) is 10.1. The summed E-state index contributed by atoms with van der Waals surface area (Å²) >= 11 is 0. The van der Waals surface area contributed by atoms with Crippen LogP contribution in [0, 0.1) is 0 Å². The summed E-state index contributed by atoms with van der Waals surface area (Å²) in [5, 5.41) is 6.65. The van der Waals surface area contributed by atoms with Crippen molar-refractivity contribution in [3.8, 4) is 5.75 Å². The minimum Gasteiger partial charge on any atom is -0.493 e. The minimum absolute atomic E-state index is 0.0205. The van der Waals surface area contributed by atoms with Crippen LogP contribution >= 0.6 is 0 Å². The van der Waals surface area contributed by atoms with Gasteiger partial charge in [-0.25, -0.2) is 4.99 Å². The maximum atomic E-state index is 5.72. The van der Waals surface area contributed by atoms with Crippen LogP contribution in [0.25, 0.3) is 0 Å². The fraction of sp³-hybridized carbons (Fsp3) is 0.611. The number of nitrogens with one attached hydrogen (secondary N) is 2. The van der Waals surface area contributed by atoms with Crippen LogP contribution in [0.3, 0.4) is 0 Å². The molecule has 2 N–H and O–H groups in total. The second-order valence-electron chi connectivity index (χ2n) is 6.41. The molecule has 5 heteroatoms. The standard InChI is InChI=1S/C18H31N3O2/c1-6-19-17(21-18(2,3)4)20-14-15-9-7-10-16(13-15)23-12-8-11-22-5/h7,9-10,13H,6,8,11-12,14H2,1-5H3,(H2,19,20,21). The highest BCUT2D eigenvalue weighted by Crippen LogP contribution is 2.14. The molecule has 130 valence electrons. The summed E-state index contributed by atoms with van der Waals surface area (Å²) < 4.78 is 10.7. The zero-order valence-corrected chi connectivity index (χ0v) is 15.1. The largest absolute Gasteiger partial charge is 0.493 e. The average molecular weight is 321 g/mol. The smallest absolute Gasteiger partial charge is 0.191 e. The molecule has 0 fully saturated rings. The fourth-order valence-corrected chi connectivity index (χ4v) is 1.96. The van der Waals surface area contributed by atoms with E-state index in [0.29, 0.717) is 19.8 Å². The number of ether oxygens (including phenoxy) is 2. The van der Waals surface area contributed by atoms with Crippen molar-refractivity contribution >= 4 is 5.96 Å². The first-order valence-corrected chi connectivity index (χ1v) is 8.22. The molecule has 0 spiro atoms. The van der Waals surface area contributed by atoms with E-state index < -0.39 is 0 Å². The molecule has 0 amide bonds. The van der Waals surface area contributed by atoms with Crippen LogP contribution in [0.5, 0.6) is 5.75 Å². The van der Waals surface area contributed by atoms with Crippen LogP contribution < -0.4 is 15.4 Å². The lowest BCUT2D eigenvalue weighted by Gasteiger charge is -2.23. The van der Waals surface area contributed by atoms with Crippen molar-refractivity contribution in [1.82, 2.24) is 10.6 Å². The van der Waals surface area contributed by atoms with Crippen molar-refractivity contribution in [2.24, 2.45) is 4.99 Å². The van der Waals surface area contributed by atoms with Crippen LogP contribution in [-0.4, -0.2) is 38.4 Å². The van der Waals surface area contributed by atoms with Crippen molar-refractivity contribution in [2.75, 3.05) is 26.9 Å². The topological polar surface area (TPSA) is 54.9 Å². The summed E-state index contributed by atoms with van der Waals surface area (Å²) in [4.78, 5) is 4.64. The molecule has 0 aromatic heterocycles. The van der Waals surface area contributed by atoms with Crippen LogP contribution in [0.15, 0.2) is 29.3 Å². The fourth-order valence-electron chi connectivity index (χ4n) is 1.96. The molecule has 1 rings (SSSR count). The van der Waals surface area contributed by atoms with Crippen LogP contribution in [0.1, 0.15) is 39.7 Å². The van der Waals surface area contributed by atoms with Gasteiger partial charge in [-0.1, -0.05) is 12.1 Å². The molecule has 23 heavy (non-hydrogen) atoms. The van der Waals surface area contributed by atoms with Crippen molar-refractivity contribution in [1.29, 1.82) is 0 Å². The quantitative estimate of drug-likeness (QED) is 0.439. The highest BCUT2D eigenvalue weighted by molar-refractivity contribution is 5.80. The van der Waals surface area contributed by atoms with E-state index in [4.69, 9.17) is 9.47 Å². The number of nitrogens with zero attached hydrogens (tertiary/aromatic N) is 1. The maximum Gasteiger partial charge on any atom is 0.191 e. The zero-order valence-electron chi connectivity index (χ0n) is 15.1. The Balaban J connectivity index is 2.62. The first-order chi connectivity index (χ1) is 10.9. The molecular weight excluding hydrogens is 290 g/mol. The molecule has 0 saturated heterocycles. The Kier molecular flexibility index (Phi) is 8.48. The van der Waals surface area contributed by atoms with E-state index >= 15 is 0 Å². The molecule has 0 aliphatic carbocycles. The molecule has 0 aliphatic heterocycles. The van der Waals surface area contributed by atoms with Crippen LogP contribution in [0.4, 0.5) is 0 Å². The van der Waals surface area contributed by atoms with Gasteiger partial charge in [-0.2, -0.15) is 0 Å². The third-order valence-corrected chi connectivity index (χ3v) is 2.92. The number of guanidine groups is 1. The molecule has 1 aromatic carbocycles. The SMILES string of the molecule is CCNC(=NCc1cccc(OCCCOC)c1)NC(C)(C)C. The van der Waals surface area contributed by atoms with Gasteiger partial charge in [-0.3, -0.25) is 0 Å². The van der Waals surface area contributed by atoms with Gasteiger partial charge in [0.2, 0.25) is 0 Å². The van der Waals surface area contributed by atoms with Crippen molar-refractivity contribution in [3.63, 3.8) is 0 Å². The van der Waals surface area contributed by atoms with E-state index in [9.17, 15) is 0 Å². The average Bonchev–Trinajstić information content (AvgIpc) is 2.49. The number of methoxy groups -OCH3 is 1. The summed E-state index contributed by atoms with van der Waals surface area (Å²) in [7, 11) is 1.70. The van der Waals surface area contributed by atoms with Crippen molar-refractivity contribution < 1.29 is 9.47 Å². The van der Waals surface area contributed by atoms with E-state index in [0.717, 1.165) is 30.2 Å². The maximum absolute atomic E-state index is 5.72. The Labute approximate surface area is 140 Å². The first-order valence-electron chi connectivity index (χ1n) is 8.22. The van der Waals surface area contributed by atoms with E-state index in [1.54, 1.807) is 7.11 Å². The molecule has 0 unspecified atom stereocenters. The van der Waals surface area contributed by atoms with Gasteiger partial charge in [0.05, 0.1) is 13.2 Å². The number of hydrogen-bond acceptors (Lipinski definition) is 3. The Hall–Kier alpha value is -1.75. The third-order valence-electron chi connectivity index (χ3n) is 2.92. The summed E-state index contributed by atoms with van der Waals surface area (Å²) in [5.74, 6) is 1.70. The molecule has 1 aromatic rings. The normalized spacial score (nSPS) is 12.1. The van der Waals surface area contributed by atoms with Gasteiger partial charge in [-0.05, 0) is 45.4 Å². The molecule has 0 saturated carbocycles. The van der Waals surface area contributed by atoms with Crippen LogP contribution in [-0.2, 0) is 11.3 Å². The monoisotopic (exact) mass is 321 g/mol. The lowest BCUT2D eigenvalue weighted by Crippen LogP contribution is -2.47. The van der Waals surface area contributed by atoms with Crippen LogP contribution in [0.2, 0.25) is 0 Å². The van der Waals surface area contributed by atoms with Gasteiger partial charge >= 0.3 is 0 Å². The Morgan fingerprint density at radius 1 is 1.22 bits per heavy atom. The molecule has 0 bridgehead atoms. The van der Waals surface area contributed by atoms with E-state index in [-0.39, 0.29) is 5.54 Å². The van der Waals surface area contributed by atoms with E-state index in [2.05, 4.69) is 49.4 Å². The molecule has 0 atom stereocenters. The van der Waals surface area contributed by atoms with Gasteiger partial charge < -0.3 is 20.1 Å². The zero-order chi connectivity index (χ0) is 17.1. The number of benzene rings is 1. The first kappa shape index (κ1) is 19.3. The molecule has 0 heterocycles. The Bertz CT molecular complexity index is 481. The number of aliphatic imine (C=N–C) groups is 1. The van der Waals surface area contributed by atoms with Gasteiger partial charge in [-0.15, -0.1) is 0 Å². The van der Waals surface area contributed by atoms with Gasteiger partial charge in [0.25, 0.3) is 0 Å². The van der Waals surface area contributed by atoms with Gasteiger partial charge in [0.1, 0.15) is 5.75 Å². The summed E-state index contributed by atoms with van der Waals surface area (Å²) in [6, 6.07) is 8.07. The lowest BCUT2D eigenvalue weighted by atomic mass is 10.1. The predicted molar refractivity (Wildman–Crippen MR) is 96.1 cm³/mol. The highest BCUT2D eigenvalue weighted by Gasteiger charge is 2.11. The van der Waals surface area contributed by atoms with Gasteiger partial charge in [0.15, 0.2) is 5.96 Å². The van der Waals surface area contributed by atoms with Gasteiger partial charge in [0, 0.05) is 32.2 Å². The summed E-state index contributed by atoms with van der Waals surface area (Å²) in [5.41, 5.74) is 1.10. The Morgan fingerprint density at radius 3 is 2.65 bits per heavy atom. The van der Waals surface area contributed by atoms with E-state index in [1.165, 1.54) is 0 Å². The van der Waals surface area contributed by atoms with Crippen molar-refractivity contribution in [3.05, 3.63) is 29.8 Å². The lowest BCUT2D eigenvalue weighted by molar-refractivity contribution is 0.172. The number of rotatable bonds is 8. The van der Waals surface area contributed by atoms with Crippen molar-refractivity contribution in [2.45, 2.75) is 46.2 Å². The molecule has 0 radical (unpaired) electrons. The summed E-state index contributed by atoms with van der Waals surface area (Å²) in [6.07, 6.45) is 0.888. The number of hydrogen-bond donors (Lipinski definition) is 2. The summed E-state index contributed by atoms with van der Waals surface area (Å²) in [6.45, 7) is 11.2. The van der Waals surface area contributed by atoms with E-state index in [1.807, 2.05) is 18.2 Å². The highest BCUT2D eigenvalue weighted by atomic mass is 16.5. The predicted octanol–water partition coefficient (Wildman–Crippen LogP) is 2.96. The molecule has 0 aliphatic rings. The second-order valence-corrected chi connectivity index (χ2v) is 6.41.